The molecule has 1 saturated heterocycles. The number of aromatic hydroxyl groups is 1. The minimum absolute atomic E-state index is 0.0483. The van der Waals surface area contributed by atoms with E-state index in [0.717, 1.165) is 5.56 Å². The van der Waals surface area contributed by atoms with E-state index in [-0.39, 0.29) is 22.6 Å². The first kappa shape index (κ1) is 16.6. The molecule has 1 aliphatic heterocycles. The van der Waals surface area contributed by atoms with Crippen LogP contribution in [-0.4, -0.2) is 30.4 Å². The molecule has 0 aromatic heterocycles. The highest BCUT2D eigenvalue weighted by atomic mass is 32.1. The summed E-state index contributed by atoms with van der Waals surface area (Å²) in [6, 6.07) is 3.35. The zero-order valence-corrected chi connectivity index (χ0v) is 13.3. The zero-order valence-electron chi connectivity index (χ0n) is 12.5. The van der Waals surface area contributed by atoms with Gasteiger partial charge in [-0.2, -0.15) is 0 Å². The molecule has 7 heteroatoms. The molecule has 0 saturated carbocycles. The lowest BCUT2D eigenvalue weighted by Gasteiger charge is -2.09. The number of hydrogen-bond donors (Lipinski definition) is 2. The monoisotopic (exact) mass is 333 g/mol. The van der Waals surface area contributed by atoms with E-state index in [1.165, 1.54) is 20.3 Å². The highest BCUT2D eigenvalue weighted by Gasteiger charge is 2.21. The normalized spacial score (nSPS) is 16.2. The molecule has 1 heterocycles. The molecule has 0 radical (unpaired) electrons. The molecule has 1 aromatic rings. The molecular weight excluding hydrogens is 318 g/mol. The fourth-order valence-corrected chi connectivity index (χ4v) is 2.00. The van der Waals surface area contributed by atoms with Crippen LogP contribution in [-0.2, 0) is 9.53 Å². The van der Waals surface area contributed by atoms with Gasteiger partial charge in [0.05, 0.1) is 14.2 Å². The van der Waals surface area contributed by atoms with E-state index in [9.17, 15) is 9.90 Å². The maximum atomic E-state index is 11.3. The third-order valence-corrected chi connectivity index (χ3v) is 3.09. The van der Waals surface area contributed by atoms with E-state index in [1.54, 1.807) is 36.4 Å². The van der Waals surface area contributed by atoms with Crippen LogP contribution in [0.1, 0.15) is 5.56 Å². The minimum atomic E-state index is -0.364. The van der Waals surface area contributed by atoms with Crippen LogP contribution in [0.25, 0.3) is 6.08 Å². The zero-order chi connectivity index (χ0) is 16.8. The Hall–Kier alpha value is -2.80. The molecule has 1 fully saturated rings. The van der Waals surface area contributed by atoms with E-state index in [2.05, 4.69) is 5.32 Å². The maximum Gasteiger partial charge on any atom is 0.294 e. The summed E-state index contributed by atoms with van der Waals surface area (Å²) in [5, 5.41) is 12.2. The highest BCUT2D eigenvalue weighted by Crippen LogP contribution is 2.37. The van der Waals surface area contributed by atoms with Crippen molar-refractivity contribution in [2.75, 3.05) is 14.2 Å². The molecule has 0 atom stereocenters. The number of methoxy groups -OCH3 is 2. The first-order chi connectivity index (χ1) is 11.0. The lowest BCUT2D eigenvalue weighted by atomic mass is 10.1. The molecule has 0 bridgehead atoms. The predicted molar refractivity (Wildman–Crippen MR) is 89.3 cm³/mol. The average Bonchev–Trinajstić information content (AvgIpc) is 2.85. The lowest BCUT2D eigenvalue weighted by molar-refractivity contribution is -0.116. The summed E-state index contributed by atoms with van der Waals surface area (Å²) in [7, 11) is 2.93. The standard InChI is InChI=1S/C16H15NO5S/c1-20-12-8-10(9-13(21-2)14(12)18)6-4-3-5-7-11-15(19)17-16(23)22-11/h3-9,18H,1-2H3,(H,17,19,23)/b5-3+,6-4+,11-7+. The van der Waals surface area contributed by atoms with Gasteiger partial charge in [0.2, 0.25) is 5.75 Å². The number of carbonyl (C=O) groups is 1. The lowest BCUT2D eigenvalue weighted by Crippen LogP contribution is -2.18. The Morgan fingerprint density at radius 3 is 2.35 bits per heavy atom. The van der Waals surface area contributed by atoms with Crippen LogP contribution >= 0.6 is 12.2 Å². The van der Waals surface area contributed by atoms with Gasteiger partial charge in [-0.3, -0.25) is 10.1 Å². The number of phenolic OH excluding ortho intramolecular Hbond substituents is 1. The number of hydrogen-bond acceptors (Lipinski definition) is 6. The molecule has 1 aromatic carbocycles. The third-order valence-electron chi connectivity index (χ3n) is 2.90. The van der Waals surface area contributed by atoms with Crippen molar-refractivity contribution < 1.29 is 24.1 Å². The van der Waals surface area contributed by atoms with Crippen LogP contribution in [0.5, 0.6) is 17.2 Å². The number of rotatable bonds is 5. The van der Waals surface area contributed by atoms with Crippen LogP contribution in [0.2, 0.25) is 0 Å². The van der Waals surface area contributed by atoms with Gasteiger partial charge in [0.25, 0.3) is 11.1 Å². The smallest absolute Gasteiger partial charge is 0.294 e. The Balaban J connectivity index is 2.09. The van der Waals surface area contributed by atoms with Crippen molar-refractivity contribution in [3.63, 3.8) is 0 Å². The largest absolute Gasteiger partial charge is 0.502 e. The molecule has 0 spiro atoms. The predicted octanol–water partition coefficient (Wildman–Crippen LogP) is 2.29. The van der Waals surface area contributed by atoms with Gasteiger partial charge in [-0.05, 0) is 36.0 Å². The molecule has 0 unspecified atom stereocenters. The Bertz CT molecular complexity index is 696. The molecule has 0 aliphatic carbocycles. The number of allylic oxidation sites excluding steroid dienone is 4. The summed E-state index contributed by atoms with van der Waals surface area (Å²) in [6.07, 6.45) is 8.43. The van der Waals surface area contributed by atoms with Gasteiger partial charge in [-0.25, -0.2) is 0 Å². The fourth-order valence-electron chi connectivity index (χ4n) is 1.82. The van der Waals surface area contributed by atoms with Gasteiger partial charge < -0.3 is 19.3 Å². The van der Waals surface area contributed by atoms with Gasteiger partial charge in [0, 0.05) is 0 Å². The first-order valence-corrected chi connectivity index (χ1v) is 6.99. The second-order valence-corrected chi connectivity index (χ2v) is 4.76. The van der Waals surface area contributed by atoms with Gasteiger partial charge in [0.15, 0.2) is 17.3 Å². The van der Waals surface area contributed by atoms with Crippen molar-refractivity contribution in [1.82, 2.24) is 5.32 Å². The van der Waals surface area contributed by atoms with Crippen LogP contribution in [0.15, 0.2) is 42.2 Å². The fraction of sp³-hybridized carbons (Fsp3) is 0.125. The van der Waals surface area contributed by atoms with Crippen molar-refractivity contribution >= 4 is 29.4 Å². The minimum Gasteiger partial charge on any atom is -0.502 e. The van der Waals surface area contributed by atoms with Crippen LogP contribution in [0, 0.1) is 0 Å². The van der Waals surface area contributed by atoms with Crippen molar-refractivity contribution in [1.29, 1.82) is 0 Å². The summed E-state index contributed by atoms with van der Waals surface area (Å²) in [4.78, 5) is 11.3. The van der Waals surface area contributed by atoms with Gasteiger partial charge in [-0.1, -0.05) is 24.3 Å². The second-order valence-electron chi connectivity index (χ2n) is 4.39. The Morgan fingerprint density at radius 2 is 1.83 bits per heavy atom. The average molecular weight is 333 g/mol. The summed E-state index contributed by atoms with van der Waals surface area (Å²) in [6.45, 7) is 0. The van der Waals surface area contributed by atoms with Gasteiger partial charge >= 0.3 is 0 Å². The van der Waals surface area contributed by atoms with Crippen molar-refractivity contribution in [3.8, 4) is 17.2 Å². The van der Waals surface area contributed by atoms with E-state index in [0.29, 0.717) is 11.5 Å². The Labute approximate surface area is 138 Å². The Morgan fingerprint density at radius 1 is 1.17 bits per heavy atom. The number of benzene rings is 1. The summed E-state index contributed by atoms with van der Waals surface area (Å²) < 4.78 is 15.2. The molecule has 2 N–H and O–H groups in total. The van der Waals surface area contributed by atoms with Gasteiger partial charge in [0.1, 0.15) is 0 Å². The number of amides is 1. The molecule has 2 rings (SSSR count). The van der Waals surface area contributed by atoms with Crippen molar-refractivity contribution in [2.45, 2.75) is 0 Å². The van der Waals surface area contributed by atoms with E-state index in [4.69, 9.17) is 26.4 Å². The molecule has 6 nitrogen and oxygen atoms in total. The topological polar surface area (TPSA) is 77.0 Å². The maximum absolute atomic E-state index is 11.3. The van der Waals surface area contributed by atoms with Crippen LogP contribution in [0.3, 0.4) is 0 Å². The second kappa shape index (κ2) is 7.46. The number of nitrogens with one attached hydrogen (secondary N) is 1. The summed E-state index contributed by atoms with van der Waals surface area (Å²) >= 11 is 4.72. The first-order valence-electron chi connectivity index (χ1n) is 6.58. The SMILES string of the molecule is COc1cc(/C=C/C=C/C=C2/OC(=S)NC2=O)cc(OC)c1O. The number of carbonyl (C=O) groups excluding carboxylic acids is 1. The molecular formula is C16H15NO5S. The molecule has 23 heavy (non-hydrogen) atoms. The van der Waals surface area contributed by atoms with Gasteiger partial charge in [-0.15, -0.1) is 0 Å². The highest BCUT2D eigenvalue weighted by molar-refractivity contribution is 7.80. The Kier molecular flexibility index (Phi) is 5.37. The number of thiocarbonyl (C=S) groups is 1. The van der Waals surface area contributed by atoms with E-state index < -0.39 is 0 Å². The van der Waals surface area contributed by atoms with E-state index in [1.807, 2.05) is 0 Å². The number of ether oxygens (including phenoxy) is 3. The van der Waals surface area contributed by atoms with E-state index >= 15 is 0 Å². The van der Waals surface area contributed by atoms with Crippen LogP contribution < -0.4 is 14.8 Å². The number of phenols is 1. The molecule has 120 valence electrons. The summed E-state index contributed by atoms with van der Waals surface area (Å²) in [5.41, 5.74) is 0.782. The van der Waals surface area contributed by atoms with Crippen molar-refractivity contribution in [3.05, 3.63) is 47.8 Å². The molecule has 1 amide bonds. The molecule has 1 aliphatic rings. The van der Waals surface area contributed by atoms with Crippen molar-refractivity contribution in [2.24, 2.45) is 0 Å². The van der Waals surface area contributed by atoms with Crippen LogP contribution in [0.4, 0.5) is 0 Å². The third kappa shape index (κ3) is 4.10. The summed E-state index contributed by atoms with van der Waals surface area (Å²) in [5.74, 6) is 0.372. The quantitative estimate of drug-likeness (QED) is 0.489.